The molecule has 0 radical (unpaired) electrons. The van der Waals surface area contributed by atoms with Crippen LogP contribution in [0.25, 0.3) is 0 Å². The molecule has 0 heterocycles. The summed E-state index contributed by atoms with van der Waals surface area (Å²) in [6, 6.07) is 7.93. The molecular weight excluding hydrogens is 224 g/mol. The van der Waals surface area contributed by atoms with Crippen LogP contribution in [-0.2, 0) is 11.2 Å². The largest absolute Gasteiger partial charge is 0.399 e. The fourth-order valence-corrected chi connectivity index (χ4v) is 1.83. The van der Waals surface area contributed by atoms with Crippen molar-refractivity contribution in [2.45, 2.75) is 46.1 Å². The fraction of sp³-hybridized carbons (Fsp3) is 0.533. The number of amides is 1. The molecule has 0 spiro atoms. The molecule has 0 saturated heterocycles. The van der Waals surface area contributed by atoms with Gasteiger partial charge in [-0.15, -0.1) is 0 Å². The maximum atomic E-state index is 11.8. The van der Waals surface area contributed by atoms with E-state index < -0.39 is 0 Å². The van der Waals surface area contributed by atoms with Crippen molar-refractivity contribution in [3.8, 4) is 0 Å². The Hall–Kier alpha value is -1.51. The van der Waals surface area contributed by atoms with Crippen molar-refractivity contribution < 1.29 is 4.79 Å². The van der Waals surface area contributed by atoms with E-state index in [0.717, 1.165) is 17.7 Å². The van der Waals surface area contributed by atoms with Crippen LogP contribution in [0, 0.1) is 5.92 Å². The molecular formula is C15H24N2O. The fourth-order valence-electron chi connectivity index (χ4n) is 1.83. The Kier molecular flexibility index (Phi) is 5.69. The summed E-state index contributed by atoms with van der Waals surface area (Å²) in [5.41, 5.74) is 7.66. The van der Waals surface area contributed by atoms with Gasteiger partial charge < -0.3 is 11.1 Å². The molecule has 3 N–H and O–H groups in total. The molecule has 0 saturated carbocycles. The van der Waals surface area contributed by atoms with Crippen LogP contribution < -0.4 is 11.1 Å². The number of carbonyl (C=O) groups excluding carboxylic acids is 1. The van der Waals surface area contributed by atoms with Gasteiger partial charge in [0.15, 0.2) is 0 Å². The van der Waals surface area contributed by atoms with Crippen LogP contribution >= 0.6 is 0 Å². The molecule has 3 heteroatoms. The maximum Gasteiger partial charge on any atom is 0.220 e. The highest BCUT2D eigenvalue weighted by Crippen LogP contribution is 2.13. The van der Waals surface area contributed by atoms with E-state index in [1.807, 2.05) is 24.3 Å². The molecule has 0 aliphatic rings. The van der Waals surface area contributed by atoms with E-state index in [1.54, 1.807) is 0 Å². The minimum absolute atomic E-state index is 0.103. The smallest absolute Gasteiger partial charge is 0.220 e. The molecule has 0 aliphatic carbocycles. The summed E-state index contributed by atoms with van der Waals surface area (Å²) in [5, 5.41) is 3.04. The minimum Gasteiger partial charge on any atom is -0.399 e. The molecule has 3 nitrogen and oxygen atoms in total. The number of anilines is 1. The lowest BCUT2D eigenvalue weighted by Gasteiger charge is -2.19. The first-order chi connectivity index (χ1) is 8.54. The molecule has 1 aromatic carbocycles. The number of nitrogens with two attached hydrogens (primary N) is 1. The second-order valence-electron chi connectivity index (χ2n) is 4.94. The summed E-state index contributed by atoms with van der Waals surface area (Å²) in [6.45, 7) is 6.35. The van der Waals surface area contributed by atoms with Crippen LogP contribution in [0.15, 0.2) is 24.3 Å². The lowest BCUT2D eigenvalue weighted by Crippen LogP contribution is -2.37. The lowest BCUT2D eigenvalue weighted by atomic mass is 10.0. The minimum atomic E-state index is 0.103. The number of benzene rings is 1. The Morgan fingerprint density at radius 3 is 2.61 bits per heavy atom. The molecule has 0 aliphatic heterocycles. The van der Waals surface area contributed by atoms with Gasteiger partial charge in [-0.2, -0.15) is 0 Å². The summed E-state index contributed by atoms with van der Waals surface area (Å²) in [4.78, 5) is 11.8. The van der Waals surface area contributed by atoms with E-state index >= 15 is 0 Å². The van der Waals surface area contributed by atoms with Gasteiger partial charge >= 0.3 is 0 Å². The average Bonchev–Trinajstić information content (AvgIpc) is 2.36. The molecule has 1 rings (SSSR count). The number of para-hydroxylation sites is 1. The third-order valence-corrected chi connectivity index (χ3v) is 3.56. The highest BCUT2D eigenvalue weighted by Gasteiger charge is 2.13. The number of nitrogen functional groups attached to an aromatic ring is 1. The van der Waals surface area contributed by atoms with Crippen LogP contribution in [-0.4, -0.2) is 11.9 Å². The summed E-state index contributed by atoms with van der Waals surface area (Å²) >= 11 is 0. The van der Waals surface area contributed by atoms with E-state index in [-0.39, 0.29) is 11.9 Å². The van der Waals surface area contributed by atoms with E-state index in [1.165, 1.54) is 0 Å². The third kappa shape index (κ3) is 4.40. The van der Waals surface area contributed by atoms with Gasteiger partial charge in [-0.1, -0.05) is 38.5 Å². The molecule has 100 valence electrons. The van der Waals surface area contributed by atoms with Crippen molar-refractivity contribution in [3.63, 3.8) is 0 Å². The zero-order valence-corrected chi connectivity index (χ0v) is 11.6. The van der Waals surface area contributed by atoms with Gasteiger partial charge in [0.2, 0.25) is 5.91 Å². The number of rotatable bonds is 6. The predicted molar refractivity (Wildman–Crippen MR) is 76.2 cm³/mol. The van der Waals surface area contributed by atoms with Crippen LogP contribution in [0.2, 0.25) is 0 Å². The number of carbonyl (C=O) groups is 1. The molecule has 0 aromatic heterocycles. The molecule has 2 unspecified atom stereocenters. The third-order valence-electron chi connectivity index (χ3n) is 3.56. The van der Waals surface area contributed by atoms with E-state index in [4.69, 9.17) is 5.73 Å². The van der Waals surface area contributed by atoms with Crippen molar-refractivity contribution >= 4 is 11.6 Å². The number of nitrogens with one attached hydrogen (secondary N) is 1. The standard InChI is InChI=1S/C15H24N2O/c1-4-11(2)12(3)17-15(18)10-9-13-7-5-6-8-14(13)16/h5-8,11-12H,4,9-10,16H2,1-3H3,(H,17,18). The second kappa shape index (κ2) is 7.04. The molecule has 2 atom stereocenters. The van der Waals surface area contributed by atoms with E-state index in [0.29, 0.717) is 18.8 Å². The Balaban J connectivity index is 2.40. The SMILES string of the molecule is CCC(C)C(C)NC(=O)CCc1ccccc1N. The predicted octanol–water partition coefficient (Wildman–Crippen LogP) is 2.75. The summed E-state index contributed by atoms with van der Waals surface area (Å²) in [6.07, 6.45) is 2.27. The van der Waals surface area contributed by atoms with Gasteiger partial charge in [-0.05, 0) is 30.9 Å². The van der Waals surface area contributed by atoms with Crippen molar-refractivity contribution in [2.24, 2.45) is 5.92 Å². The molecule has 0 fully saturated rings. The van der Waals surface area contributed by atoms with Crippen LogP contribution in [0.3, 0.4) is 0 Å². The zero-order valence-electron chi connectivity index (χ0n) is 11.6. The first-order valence-corrected chi connectivity index (χ1v) is 6.67. The van der Waals surface area contributed by atoms with E-state index in [2.05, 4.69) is 26.1 Å². The number of aryl methyl sites for hydroxylation is 1. The van der Waals surface area contributed by atoms with Gasteiger partial charge in [0, 0.05) is 18.2 Å². The number of hydrogen-bond donors (Lipinski definition) is 2. The van der Waals surface area contributed by atoms with E-state index in [9.17, 15) is 4.79 Å². The first kappa shape index (κ1) is 14.6. The lowest BCUT2D eigenvalue weighted by molar-refractivity contribution is -0.121. The Morgan fingerprint density at radius 1 is 1.33 bits per heavy atom. The van der Waals surface area contributed by atoms with Gasteiger partial charge in [-0.3, -0.25) is 4.79 Å². The van der Waals surface area contributed by atoms with Gasteiger partial charge in [0.1, 0.15) is 0 Å². The normalized spacial score (nSPS) is 13.9. The Labute approximate surface area is 110 Å². The Morgan fingerprint density at radius 2 is 2.00 bits per heavy atom. The molecule has 18 heavy (non-hydrogen) atoms. The average molecular weight is 248 g/mol. The number of hydrogen-bond acceptors (Lipinski definition) is 2. The summed E-state index contributed by atoms with van der Waals surface area (Å²) in [5.74, 6) is 0.613. The van der Waals surface area contributed by atoms with Crippen molar-refractivity contribution in [2.75, 3.05) is 5.73 Å². The van der Waals surface area contributed by atoms with Gasteiger partial charge in [0.05, 0.1) is 0 Å². The van der Waals surface area contributed by atoms with Gasteiger partial charge in [0.25, 0.3) is 0 Å². The highest BCUT2D eigenvalue weighted by molar-refractivity contribution is 5.76. The van der Waals surface area contributed by atoms with Crippen molar-refractivity contribution in [3.05, 3.63) is 29.8 Å². The summed E-state index contributed by atoms with van der Waals surface area (Å²) in [7, 11) is 0. The van der Waals surface area contributed by atoms with Crippen molar-refractivity contribution in [1.82, 2.24) is 5.32 Å². The maximum absolute atomic E-state index is 11.8. The first-order valence-electron chi connectivity index (χ1n) is 6.67. The quantitative estimate of drug-likeness (QED) is 0.761. The highest BCUT2D eigenvalue weighted by atomic mass is 16.1. The molecule has 1 aromatic rings. The Bertz CT molecular complexity index is 390. The van der Waals surface area contributed by atoms with Crippen LogP contribution in [0.1, 0.15) is 39.2 Å². The molecule has 0 bridgehead atoms. The van der Waals surface area contributed by atoms with Gasteiger partial charge in [-0.25, -0.2) is 0 Å². The second-order valence-corrected chi connectivity index (χ2v) is 4.94. The van der Waals surface area contributed by atoms with Crippen LogP contribution in [0.5, 0.6) is 0 Å². The zero-order chi connectivity index (χ0) is 13.5. The monoisotopic (exact) mass is 248 g/mol. The topological polar surface area (TPSA) is 55.1 Å². The van der Waals surface area contributed by atoms with Crippen molar-refractivity contribution in [1.29, 1.82) is 0 Å². The van der Waals surface area contributed by atoms with Crippen LogP contribution in [0.4, 0.5) is 5.69 Å². The molecule has 1 amide bonds. The summed E-state index contributed by atoms with van der Waals surface area (Å²) < 4.78 is 0.